The molecule has 1 atom stereocenters. The minimum absolute atomic E-state index is 0.303. The van der Waals surface area contributed by atoms with E-state index in [0.29, 0.717) is 6.04 Å². The van der Waals surface area contributed by atoms with E-state index in [2.05, 4.69) is 11.9 Å². The zero-order chi connectivity index (χ0) is 12.3. The molecular formula is C14H26N2S. The Morgan fingerprint density at radius 3 is 2.53 bits per heavy atom. The van der Waals surface area contributed by atoms with Gasteiger partial charge in [-0.25, -0.2) is 4.98 Å². The van der Waals surface area contributed by atoms with Crippen molar-refractivity contribution in [2.24, 2.45) is 5.73 Å². The number of thiazole rings is 1. The van der Waals surface area contributed by atoms with Crippen LogP contribution in [0.5, 0.6) is 0 Å². The number of rotatable bonds is 10. The van der Waals surface area contributed by atoms with Crippen molar-refractivity contribution in [2.75, 3.05) is 0 Å². The maximum absolute atomic E-state index is 6.09. The van der Waals surface area contributed by atoms with Crippen molar-refractivity contribution < 1.29 is 0 Å². The Balaban J connectivity index is 1.92. The molecule has 98 valence electrons. The summed E-state index contributed by atoms with van der Waals surface area (Å²) in [6.07, 6.45) is 13.5. The Morgan fingerprint density at radius 1 is 1.18 bits per heavy atom. The first kappa shape index (κ1) is 14.7. The van der Waals surface area contributed by atoms with Crippen LogP contribution in [0.2, 0.25) is 0 Å². The van der Waals surface area contributed by atoms with Crippen LogP contribution in [0.25, 0.3) is 0 Å². The zero-order valence-corrected chi connectivity index (χ0v) is 11.8. The first-order valence-electron chi connectivity index (χ1n) is 6.97. The Kier molecular flexibility index (Phi) is 8.28. The van der Waals surface area contributed by atoms with Gasteiger partial charge in [0.25, 0.3) is 0 Å². The second kappa shape index (κ2) is 9.60. The molecule has 0 saturated carbocycles. The monoisotopic (exact) mass is 254 g/mol. The van der Waals surface area contributed by atoms with E-state index in [1.807, 2.05) is 11.6 Å². The molecule has 1 unspecified atom stereocenters. The summed E-state index contributed by atoms with van der Waals surface area (Å²) in [5.41, 5.74) is 6.09. The molecule has 17 heavy (non-hydrogen) atoms. The Morgan fingerprint density at radius 2 is 1.88 bits per heavy atom. The van der Waals surface area contributed by atoms with Crippen LogP contribution in [0.3, 0.4) is 0 Å². The second-order valence-corrected chi connectivity index (χ2v) is 5.78. The van der Waals surface area contributed by atoms with Gasteiger partial charge >= 0.3 is 0 Å². The quantitative estimate of drug-likeness (QED) is 0.637. The number of nitrogens with zero attached hydrogens (tertiary/aromatic N) is 1. The number of unbranched alkanes of at least 4 members (excludes halogenated alkanes) is 6. The van der Waals surface area contributed by atoms with E-state index in [-0.39, 0.29) is 0 Å². The van der Waals surface area contributed by atoms with Gasteiger partial charge in [-0.15, -0.1) is 11.3 Å². The van der Waals surface area contributed by atoms with E-state index < -0.39 is 0 Å². The van der Waals surface area contributed by atoms with Crippen molar-refractivity contribution in [2.45, 2.75) is 70.8 Å². The lowest BCUT2D eigenvalue weighted by Crippen LogP contribution is -2.22. The van der Waals surface area contributed by atoms with Gasteiger partial charge in [-0.3, -0.25) is 0 Å². The smallest absolute Gasteiger partial charge is 0.0940 e. The van der Waals surface area contributed by atoms with Crippen LogP contribution in [0.15, 0.2) is 11.6 Å². The summed E-state index contributed by atoms with van der Waals surface area (Å²) in [5, 5.41) is 3.20. The highest BCUT2D eigenvalue weighted by Gasteiger charge is 2.05. The van der Waals surface area contributed by atoms with Gasteiger partial charge in [0.05, 0.1) is 5.01 Å². The molecule has 1 rings (SSSR count). The molecule has 2 nitrogen and oxygen atoms in total. The molecule has 0 fully saturated rings. The van der Waals surface area contributed by atoms with E-state index in [0.717, 1.165) is 12.8 Å². The lowest BCUT2D eigenvalue weighted by molar-refractivity contribution is 0.527. The van der Waals surface area contributed by atoms with Crippen LogP contribution in [-0.4, -0.2) is 11.0 Å². The van der Waals surface area contributed by atoms with E-state index in [9.17, 15) is 0 Å². The van der Waals surface area contributed by atoms with Crippen LogP contribution in [0.4, 0.5) is 0 Å². The molecular weight excluding hydrogens is 228 g/mol. The van der Waals surface area contributed by atoms with Gasteiger partial charge in [0.1, 0.15) is 0 Å². The Hall–Kier alpha value is -0.410. The fraction of sp³-hybridized carbons (Fsp3) is 0.786. The van der Waals surface area contributed by atoms with Crippen molar-refractivity contribution in [3.63, 3.8) is 0 Å². The molecule has 0 bridgehead atoms. The van der Waals surface area contributed by atoms with Crippen LogP contribution in [0.1, 0.15) is 63.3 Å². The topological polar surface area (TPSA) is 38.9 Å². The average Bonchev–Trinajstić information content (AvgIpc) is 2.80. The lowest BCUT2D eigenvalue weighted by atomic mass is 10.0. The lowest BCUT2D eigenvalue weighted by Gasteiger charge is -2.09. The summed E-state index contributed by atoms with van der Waals surface area (Å²) in [6, 6.07) is 0.303. The standard InChI is InChI=1S/C14H26N2S/c1-2-3-4-5-6-7-8-9-13(15)12-14-16-10-11-17-14/h10-11,13H,2-9,12,15H2,1H3. The van der Waals surface area contributed by atoms with Gasteiger partial charge in [0.15, 0.2) is 0 Å². The van der Waals surface area contributed by atoms with Gasteiger partial charge in [0.2, 0.25) is 0 Å². The van der Waals surface area contributed by atoms with Gasteiger partial charge < -0.3 is 5.73 Å². The summed E-state index contributed by atoms with van der Waals surface area (Å²) in [7, 11) is 0. The molecule has 0 saturated heterocycles. The van der Waals surface area contributed by atoms with E-state index in [4.69, 9.17) is 5.73 Å². The van der Waals surface area contributed by atoms with Crippen LogP contribution < -0.4 is 5.73 Å². The molecule has 0 aliphatic heterocycles. The maximum atomic E-state index is 6.09. The van der Waals surface area contributed by atoms with Crippen molar-refractivity contribution in [1.82, 2.24) is 4.98 Å². The molecule has 0 aromatic carbocycles. The SMILES string of the molecule is CCCCCCCCCC(N)Cc1nccs1. The fourth-order valence-electron chi connectivity index (χ4n) is 2.04. The molecule has 2 N–H and O–H groups in total. The highest BCUT2D eigenvalue weighted by Crippen LogP contribution is 2.12. The third-order valence-corrected chi connectivity index (χ3v) is 3.90. The predicted octanol–water partition coefficient (Wildman–Crippen LogP) is 4.15. The van der Waals surface area contributed by atoms with Gasteiger partial charge in [0, 0.05) is 24.0 Å². The molecule has 0 amide bonds. The van der Waals surface area contributed by atoms with E-state index in [1.54, 1.807) is 11.3 Å². The average molecular weight is 254 g/mol. The predicted molar refractivity (Wildman–Crippen MR) is 76.4 cm³/mol. The number of nitrogens with two attached hydrogens (primary N) is 1. The number of aromatic nitrogens is 1. The minimum atomic E-state index is 0.303. The molecule has 3 heteroatoms. The summed E-state index contributed by atoms with van der Waals surface area (Å²) < 4.78 is 0. The van der Waals surface area contributed by atoms with Crippen molar-refractivity contribution in [3.8, 4) is 0 Å². The molecule has 1 aromatic rings. The molecule has 0 spiro atoms. The van der Waals surface area contributed by atoms with Crippen LogP contribution >= 0.6 is 11.3 Å². The largest absolute Gasteiger partial charge is 0.327 e. The van der Waals surface area contributed by atoms with E-state index >= 15 is 0 Å². The third-order valence-electron chi connectivity index (χ3n) is 3.10. The Bertz CT molecular complexity index is 259. The summed E-state index contributed by atoms with van der Waals surface area (Å²) in [4.78, 5) is 4.27. The highest BCUT2D eigenvalue weighted by atomic mass is 32.1. The molecule has 0 radical (unpaired) electrons. The van der Waals surface area contributed by atoms with Gasteiger partial charge in [-0.2, -0.15) is 0 Å². The first-order chi connectivity index (χ1) is 8.33. The summed E-state index contributed by atoms with van der Waals surface area (Å²) >= 11 is 1.71. The molecule has 0 aliphatic carbocycles. The van der Waals surface area contributed by atoms with Gasteiger partial charge in [-0.05, 0) is 6.42 Å². The first-order valence-corrected chi connectivity index (χ1v) is 7.85. The summed E-state index contributed by atoms with van der Waals surface area (Å²) in [5.74, 6) is 0. The van der Waals surface area contributed by atoms with Crippen molar-refractivity contribution >= 4 is 11.3 Å². The van der Waals surface area contributed by atoms with Gasteiger partial charge in [-0.1, -0.05) is 51.9 Å². The Labute approximate surface area is 110 Å². The second-order valence-electron chi connectivity index (χ2n) is 4.80. The molecule has 1 heterocycles. The normalized spacial score (nSPS) is 12.8. The molecule has 0 aliphatic rings. The maximum Gasteiger partial charge on any atom is 0.0940 e. The summed E-state index contributed by atoms with van der Waals surface area (Å²) in [6.45, 7) is 2.26. The molecule has 1 aromatic heterocycles. The highest BCUT2D eigenvalue weighted by molar-refractivity contribution is 7.09. The third kappa shape index (κ3) is 7.50. The number of hydrogen-bond donors (Lipinski definition) is 1. The van der Waals surface area contributed by atoms with Crippen LogP contribution in [-0.2, 0) is 6.42 Å². The van der Waals surface area contributed by atoms with E-state index in [1.165, 1.54) is 50.0 Å². The zero-order valence-electron chi connectivity index (χ0n) is 11.0. The number of hydrogen-bond acceptors (Lipinski definition) is 3. The van der Waals surface area contributed by atoms with Crippen LogP contribution in [0, 0.1) is 0 Å². The fourth-order valence-corrected chi connectivity index (χ4v) is 2.75. The van der Waals surface area contributed by atoms with Crippen molar-refractivity contribution in [3.05, 3.63) is 16.6 Å². The minimum Gasteiger partial charge on any atom is -0.327 e. The van der Waals surface area contributed by atoms with Crippen molar-refractivity contribution in [1.29, 1.82) is 0 Å².